The summed E-state index contributed by atoms with van der Waals surface area (Å²) in [4.78, 5) is 0. The van der Waals surface area contributed by atoms with Crippen molar-refractivity contribution in [3.63, 3.8) is 0 Å². The molecule has 0 aliphatic rings. The molecule has 13 heavy (non-hydrogen) atoms. The molecule has 0 unspecified atom stereocenters. The van der Waals surface area contributed by atoms with Crippen molar-refractivity contribution in [2.75, 3.05) is 0 Å². The lowest BCUT2D eigenvalue weighted by Gasteiger charge is -1.94. The summed E-state index contributed by atoms with van der Waals surface area (Å²) in [5, 5.41) is 4.52. The third-order valence-corrected chi connectivity index (χ3v) is 1.99. The Labute approximate surface area is 73.8 Å². The van der Waals surface area contributed by atoms with E-state index in [0.29, 0.717) is 10.2 Å². The van der Waals surface area contributed by atoms with Gasteiger partial charge in [0.2, 0.25) is 0 Å². The normalized spacial score (nSPS) is 11.4. The van der Waals surface area contributed by atoms with Crippen LogP contribution in [0.2, 0.25) is 0 Å². The highest BCUT2D eigenvalue weighted by molar-refractivity contribution is 5.81. The molecule has 0 saturated carbocycles. The first-order valence-corrected chi connectivity index (χ1v) is 3.91. The van der Waals surface area contributed by atoms with Crippen LogP contribution in [0.4, 0.5) is 8.78 Å². The SMILES string of the molecule is Cc1cccc2nn(C(F)F)cc12. The topological polar surface area (TPSA) is 17.8 Å². The number of aryl methyl sites for hydroxylation is 1. The van der Waals surface area contributed by atoms with E-state index in [1.54, 1.807) is 12.1 Å². The molecule has 0 radical (unpaired) electrons. The molecule has 0 aliphatic carbocycles. The lowest BCUT2D eigenvalue weighted by atomic mass is 10.1. The summed E-state index contributed by atoms with van der Waals surface area (Å²) in [6.45, 7) is -0.688. The fraction of sp³-hybridized carbons (Fsp3) is 0.222. The Balaban J connectivity index is 2.68. The first-order chi connectivity index (χ1) is 6.18. The largest absolute Gasteiger partial charge is 0.333 e. The molecule has 1 heterocycles. The Bertz CT molecular complexity index is 434. The third-order valence-electron chi connectivity index (χ3n) is 1.99. The Hall–Kier alpha value is -1.45. The van der Waals surface area contributed by atoms with Crippen molar-refractivity contribution in [3.8, 4) is 0 Å². The van der Waals surface area contributed by atoms with Gasteiger partial charge in [-0.2, -0.15) is 13.9 Å². The lowest BCUT2D eigenvalue weighted by molar-refractivity contribution is 0.0574. The summed E-state index contributed by atoms with van der Waals surface area (Å²) in [5.41, 5.74) is 1.57. The standard InChI is InChI=1S/C9H8F2N2/c1-6-3-2-4-8-7(6)5-13(12-8)9(10)11/h2-5,9H,1H3. The van der Waals surface area contributed by atoms with Gasteiger partial charge in [-0.3, -0.25) is 0 Å². The minimum atomic E-state index is -2.56. The van der Waals surface area contributed by atoms with Gasteiger partial charge in [0.1, 0.15) is 0 Å². The van der Waals surface area contributed by atoms with Crippen LogP contribution in [-0.4, -0.2) is 9.78 Å². The molecule has 0 atom stereocenters. The predicted octanol–water partition coefficient (Wildman–Crippen LogP) is 2.74. The first kappa shape index (κ1) is 8.16. The van der Waals surface area contributed by atoms with Crippen LogP contribution in [0, 0.1) is 6.92 Å². The van der Waals surface area contributed by atoms with E-state index in [1.807, 2.05) is 13.0 Å². The number of hydrogen-bond acceptors (Lipinski definition) is 1. The van der Waals surface area contributed by atoms with Crippen molar-refractivity contribution in [3.05, 3.63) is 30.0 Å². The van der Waals surface area contributed by atoms with E-state index >= 15 is 0 Å². The summed E-state index contributed by atoms with van der Waals surface area (Å²) in [5.74, 6) is 0. The summed E-state index contributed by atoms with van der Waals surface area (Å²) in [6, 6.07) is 5.40. The van der Waals surface area contributed by atoms with Crippen LogP contribution in [0.1, 0.15) is 12.1 Å². The smallest absolute Gasteiger partial charge is 0.210 e. The molecule has 1 aromatic heterocycles. The molecule has 0 fully saturated rings. The fourth-order valence-electron chi connectivity index (χ4n) is 1.31. The molecule has 2 aromatic rings. The van der Waals surface area contributed by atoms with Gasteiger partial charge in [0.15, 0.2) is 0 Å². The van der Waals surface area contributed by atoms with Gasteiger partial charge in [0.25, 0.3) is 0 Å². The van der Waals surface area contributed by atoms with Crippen LogP contribution in [0.25, 0.3) is 10.9 Å². The summed E-state index contributed by atoms with van der Waals surface area (Å²) in [7, 11) is 0. The average molecular weight is 182 g/mol. The average Bonchev–Trinajstić information content (AvgIpc) is 2.49. The number of nitrogens with zero attached hydrogens (tertiary/aromatic N) is 2. The van der Waals surface area contributed by atoms with Crippen LogP contribution in [0.3, 0.4) is 0 Å². The minimum absolute atomic E-state index is 0.611. The van der Waals surface area contributed by atoms with Crippen LogP contribution in [-0.2, 0) is 0 Å². The van der Waals surface area contributed by atoms with Crippen LogP contribution in [0.5, 0.6) is 0 Å². The molecule has 0 aliphatic heterocycles. The molecule has 4 heteroatoms. The molecular formula is C9H8F2N2. The zero-order valence-electron chi connectivity index (χ0n) is 7.04. The maximum atomic E-state index is 12.2. The second-order valence-corrected chi connectivity index (χ2v) is 2.89. The highest BCUT2D eigenvalue weighted by atomic mass is 19.3. The van der Waals surface area contributed by atoms with Crippen molar-refractivity contribution in [2.24, 2.45) is 0 Å². The van der Waals surface area contributed by atoms with Gasteiger partial charge in [-0.05, 0) is 18.6 Å². The number of fused-ring (bicyclic) bond motifs is 1. The fourth-order valence-corrected chi connectivity index (χ4v) is 1.31. The predicted molar refractivity (Wildman–Crippen MR) is 45.7 cm³/mol. The van der Waals surface area contributed by atoms with E-state index in [2.05, 4.69) is 5.10 Å². The minimum Gasteiger partial charge on any atom is -0.210 e. The maximum Gasteiger partial charge on any atom is 0.333 e. The van der Waals surface area contributed by atoms with Crippen LogP contribution >= 0.6 is 0 Å². The van der Waals surface area contributed by atoms with Gasteiger partial charge in [0, 0.05) is 11.6 Å². The molecule has 2 nitrogen and oxygen atoms in total. The van der Waals surface area contributed by atoms with E-state index in [4.69, 9.17) is 0 Å². The summed E-state index contributed by atoms with van der Waals surface area (Å²) in [6.07, 6.45) is 1.37. The number of halogens is 2. The zero-order valence-corrected chi connectivity index (χ0v) is 7.04. The van der Waals surface area contributed by atoms with Crippen molar-refractivity contribution < 1.29 is 8.78 Å². The quantitative estimate of drug-likeness (QED) is 0.663. The Morgan fingerprint density at radius 2 is 2.15 bits per heavy atom. The second kappa shape index (κ2) is 2.80. The molecule has 0 N–H and O–H groups in total. The number of alkyl halides is 2. The first-order valence-electron chi connectivity index (χ1n) is 3.91. The van der Waals surface area contributed by atoms with E-state index in [0.717, 1.165) is 10.9 Å². The number of aromatic nitrogens is 2. The number of benzene rings is 1. The van der Waals surface area contributed by atoms with E-state index in [-0.39, 0.29) is 0 Å². The molecule has 0 spiro atoms. The van der Waals surface area contributed by atoms with E-state index < -0.39 is 6.55 Å². The van der Waals surface area contributed by atoms with Crippen molar-refractivity contribution in [1.29, 1.82) is 0 Å². The lowest BCUT2D eigenvalue weighted by Crippen LogP contribution is -1.96. The monoisotopic (exact) mass is 182 g/mol. The highest BCUT2D eigenvalue weighted by Gasteiger charge is 2.08. The maximum absolute atomic E-state index is 12.2. The molecule has 0 bridgehead atoms. The van der Waals surface area contributed by atoms with Crippen molar-refractivity contribution in [2.45, 2.75) is 13.5 Å². The Morgan fingerprint density at radius 1 is 1.38 bits per heavy atom. The molecule has 2 rings (SSSR count). The van der Waals surface area contributed by atoms with E-state index in [1.165, 1.54) is 6.20 Å². The molecular weight excluding hydrogens is 174 g/mol. The second-order valence-electron chi connectivity index (χ2n) is 2.89. The van der Waals surface area contributed by atoms with Gasteiger partial charge < -0.3 is 0 Å². The Morgan fingerprint density at radius 3 is 2.77 bits per heavy atom. The highest BCUT2D eigenvalue weighted by Crippen LogP contribution is 2.19. The third kappa shape index (κ3) is 1.28. The van der Waals surface area contributed by atoms with Crippen LogP contribution in [0.15, 0.2) is 24.4 Å². The van der Waals surface area contributed by atoms with E-state index in [9.17, 15) is 8.78 Å². The van der Waals surface area contributed by atoms with Gasteiger partial charge >= 0.3 is 6.55 Å². The van der Waals surface area contributed by atoms with Gasteiger partial charge in [-0.1, -0.05) is 12.1 Å². The molecule has 1 aromatic carbocycles. The van der Waals surface area contributed by atoms with Crippen molar-refractivity contribution >= 4 is 10.9 Å². The van der Waals surface area contributed by atoms with Gasteiger partial charge in [-0.25, -0.2) is 4.68 Å². The van der Waals surface area contributed by atoms with Crippen molar-refractivity contribution in [1.82, 2.24) is 9.78 Å². The Kier molecular flexibility index (Phi) is 1.76. The number of rotatable bonds is 1. The summed E-state index contributed by atoms with van der Waals surface area (Å²) < 4.78 is 25.2. The van der Waals surface area contributed by atoms with Gasteiger partial charge in [0.05, 0.1) is 5.52 Å². The summed E-state index contributed by atoms with van der Waals surface area (Å²) >= 11 is 0. The van der Waals surface area contributed by atoms with Crippen LogP contribution < -0.4 is 0 Å². The number of hydrogen-bond donors (Lipinski definition) is 0. The molecule has 0 amide bonds. The van der Waals surface area contributed by atoms with Gasteiger partial charge in [-0.15, -0.1) is 0 Å². The molecule has 0 saturated heterocycles. The zero-order chi connectivity index (χ0) is 9.42. The molecule has 68 valence electrons.